The summed E-state index contributed by atoms with van der Waals surface area (Å²) in [6.45, 7) is 4.29. The number of nitrogens with one attached hydrogen (secondary N) is 1. The van der Waals surface area contributed by atoms with Crippen LogP contribution in [0.5, 0.6) is 5.75 Å². The molecule has 4 rings (SSSR count). The number of aryl methyl sites for hydroxylation is 3. The maximum absolute atomic E-state index is 13.7. The Hall–Kier alpha value is -3.67. The third-order valence-electron chi connectivity index (χ3n) is 6.59. The lowest BCUT2D eigenvalue weighted by molar-refractivity contribution is 0.0949. The Morgan fingerprint density at radius 3 is 2.51 bits per heavy atom. The average Bonchev–Trinajstić information content (AvgIpc) is 3.28. The number of fused-ring (bicyclic) bond motifs is 1. The number of ether oxygens (including phenoxy) is 1. The maximum Gasteiger partial charge on any atom is 0.254 e. The summed E-state index contributed by atoms with van der Waals surface area (Å²) >= 11 is 0. The molecule has 0 unspecified atom stereocenters. The number of carbonyl (C=O) groups excluding carboxylic acids is 1. The summed E-state index contributed by atoms with van der Waals surface area (Å²) in [5.74, 6) is 1.18. The van der Waals surface area contributed by atoms with Crippen LogP contribution in [0.15, 0.2) is 72.8 Å². The van der Waals surface area contributed by atoms with E-state index in [2.05, 4.69) is 47.1 Å². The van der Waals surface area contributed by atoms with Crippen molar-refractivity contribution in [1.29, 1.82) is 0 Å². The van der Waals surface area contributed by atoms with Gasteiger partial charge in [0.1, 0.15) is 17.4 Å². The third kappa shape index (κ3) is 7.42. The Balaban J connectivity index is 1.21. The molecule has 5 nitrogen and oxygen atoms in total. The molecular formula is C31H36FN3O2. The molecule has 0 saturated carbocycles. The number of para-hydroxylation sites is 2. The molecule has 0 aliphatic heterocycles. The molecule has 0 spiro atoms. The standard InChI is InChI=1S/C31H36FN3O2/c1-2-24-17-19-25(20-18-24)37-23-11-10-22-35-29-15-8-7-14-28(29)34-30(35)16-4-3-9-21-33-31(36)26-12-5-6-13-27(26)32/h5-8,12-15,17-20H,2-4,9-11,16,21-23H2,1H3,(H,33,36). The Bertz CT molecular complexity index is 1280. The molecule has 1 heterocycles. The van der Waals surface area contributed by atoms with Crippen LogP contribution in [0.4, 0.5) is 4.39 Å². The number of benzene rings is 3. The fraction of sp³-hybridized carbons (Fsp3) is 0.355. The maximum atomic E-state index is 13.7. The van der Waals surface area contributed by atoms with Crippen molar-refractivity contribution in [2.24, 2.45) is 0 Å². The zero-order valence-corrected chi connectivity index (χ0v) is 21.6. The van der Waals surface area contributed by atoms with Gasteiger partial charge in [-0.1, -0.05) is 49.7 Å². The van der Waals surface area contributed by atoms with E-state index in [9.17, 15) is 9.18 Å². The molecule has 0 aliphatic rings. The smallest absolute Gasteiger partial charge is 0.254 e. The first-order valence-corrected chi connectivity index (χ1v) is 13.3. The van der Waals surface area contributed by atoms with E-state index in [4.69, 9.17) is 9.72 Å². The van der Waals surface area contributed by atoms with Gasteiger partial charge < -0.3 is 14.6 Å². The van der Waals surface area contributed by atoms with Crippen LogP contribution in [0.3, 0.4) is 0 Å². The summed E-state index contributed by atoms with van der Waals surface area (Å²) in [6.07, 6.45) is 6.70. The van der Waals surface area contributed by atoms with Crippen molar-refractivity contribution in [3.8, 4) is 5.75 Å². The minimum atomic E-state index is -0.490. The highest BCUT2D eigenvalue weighted by atomic mass is 19.1. The number of imidazole rings is 1. The number of carbonyl (C=O) groups is 1. The molecule has 1 N–H and O–H groups in total. The number of rotatable bonds is 14. The van der Waals surface area contributed by atoms with Crippen LogP contribution in [0.2, 0.25) is 0 Å². The number of nitrogens with zero attached hydrogens (tertiary/aromatic N) is 2. The first-order chi connectivity index (χ1) is 18.2. The van der Waals surface area contributed by atoms with Crippen molar-refractivity contribution in [3.05, 3.63) is 95.6 Å². The average molecular weight is 502 g/mol. The molecule has 37 heavy (non-hydrogen) atoms. The molecular weight excluding hydrogens is 465 g/mol. The second-order valence-corrected chi connectivity index (χ2v) is 9.27. The summed E-state index contributed by atoms with van der Waals surface area (Å²) in [5.41, 5.74) is 3.61. The number of unbranched alkanes of at least 4 members (excludes halogenated alkanes) is 3. The van der Waals surface area contributed by atoms with Crippen LogP contribution in [0, 0.1) is 5.82 Å². The van der Waals surface area contributed by atoms with E-state index in [1.54, 1.807) is 12.1 Å². The van der Waals surface area contributed by atoms with Gasteiger partial charge in [0.2, 0.25) is 0 Å². The molecule has 0 saturated heterocycles. The predicted molar refractivity (Wildman–Crippen MR) is 147 cm³/mol. The van der Waals surface area contributed by atoms with Gasteiger partial charge in [0.15, 0.2) is 0 Å². The van der Waals surface area contributed by atoms with E-state index in [0.29, 0.717) is 13.2 Å². The lowest BCUT2D eigenvalue weighted by atomic mass is 10.1. The van der Waals surface area contributed by atoms with Gasteiger partial charge in [-0.2, -0.15) is 0 Å². The predicted octanol–water partition coefficient (Wildman–Crippen LogP) is 6.74. The highest BCUT2D eigenvalue weighted by Crippen LogP contribution is 2.19. The lowest BCUT2D eigenvalue weighted by Crippen LogP contribution is -2.25. The molecule has 6 heteroatoms. The molecule has 3 aromatic carbocycles. The molecule has 194 valence electrons. The summed E-state index contributed by atoms with van der Waals surface area (Å²) in [4.78, 5) is 17.0. The van der Waals surface area contributed by atoms with Gasteiger partial charge in [0.05, 0.1) is 23.2 Å². The van der Waals surface area contributed by atoms with Gasteiger partial charge in [0.25, 0.3) is 5.91 Å². The van der Waals surface area contributed by atoms with Gasteiger partial charge in [0, 0.05) is 19.5 Å². The fourth-order valence-corrected chi connectivity index (χ4v) is 4.48. The molecule has 0 atom stereocenters. The Kier molecular flexibility index (Phi) is 9.69. The number of halogens is 1. The van der Waals surface area contributed by atoms with Crippen LogP contribution < -0.4 is 10.1 Å². The molecule has 0 radical (unpaired) electrons. The topological polar surface area (TPSA) is 56.1 Å². The monoisotopic (exact) mass is 501 g/mol. The van der Waals surface area contributed by atoms with Gasteiger partial charge in [-0.15, -0.1) is 0 Å². The zero-order chi connectivity index (χ0) is 25.9. The van der Waals surface area contributed by atoms with E-state index < -0.39 is 5.82 Å². The molecule has 1 amide bonds. The van der Waals surface area contributed by atoms with E-state index in [-0.39, 0.29) is 11.5 Å². The van der Waals surface area contributed by atoms with Crippen molar-refractivity contribution >= 4 is 16.9 Å². The number of amides is 1. The largest absolute Gasteiger partial charge is 0.494 e. The molecule has 1 aromatic heterocycles. The minimum absolute atomic E-state index is 0.0935. The Labute approximate surface area is 218 Å². The van der Waals surface area contributed by atoms with E-state index in [1.165, 1.54) is 23.2 Å². The SMILES string of the molecule is CCc1ccc(OCCCCn2c(CCCCCNC(=O)c3ccccc3F)nc3ccccc32)cc1. The third-order valence-corrected chi connectivity index (χ3v) is 6.59. The van der Waals surface area contributed by atoms with Crippen LogP contribution in [0.25, 0.3) is 11.0 Å². The van der Waals surface area contributed by atoms with Gasteiger partial charge in [-0.3, -0.25) is 4.79 Å². The Morgan fingerprint density at radius 2 is 1.70 bits per heavy atom. The highest BCUT2D eigenvalue weighted by Gasteiger charge is 2.11. The van der Waals surface area contributed by atoms with E-state index in [0.717, 1.165) is 68.6 Å². The van der Waals surface area contributed by atoms with Crippen molar-refractivity contribution in [2.45, 2.75) is 58.4 Å². The second-order valence-electron chi connectivity index (χ2n) is 9.27. The lowest BCUT2D eigenvalue weighted by Gasteiger charge is -2.11. The number of aromatic nitrogens is 2. The number of hydrogen-bond donors (Lipinski definition) is 1. The fourth-order valence-electron chi connectivity index (χ4n) is 4.48. The summed E-state index contributed by atoms with van der Waals surface area (Å²) in [5, 5.41) is 2.82. The Morgan fingerprint density at radius 1 is 0.919 bits per heavy atom. The molecule has 0 bridgehead atoms. The normalized spacial score (nSPS) is 11.1. The summed E-state index contributed by atoms with van der Waals surface area (Å²) < 4.78 is 22.0. The van der Waals surface area contributed by atoms with E-state index >= 15 is 0 Å². The molecule has 0 aliphatic carbocycles. The summed E-state index contributed by atoms with van der Waals surface area (Å²) in [6, 6.07) is 22.7. The zero-order valence-electron chi connectivity index (χ0n) is 21.6. The van der Waals surface area contributed by atoms with Crippen LogP contribution in [-0.4, -0.2) is 28.6 Å². The first kappa shape index (κ1) is 26.4. The van der Waals surface area contributed by atoms with Crippen LogP contribution in [0.1, 0.15) is 60.8 Å². The summed E-state index contributed by atoms with van der Waals surface area (Å²) in [7, 11) is 0. The van der Waals surface area contributed by atoms with Gasteiger partial charge >= 0.3 is 0 Å². The van der Waals surface area contributed by atoms with Crippen LogP contribution in [-0.2, 0) is 19.4 Å². The molecule has 0 fully saturated rings. The quantitative estimate of drug-likeness (QED) is 0.195. The first-order valence-electron chi connectivity index (χ1n) is 13.3. The van der Waals surface area contributed by atoms with Crippen molar-refractivity contribution in [2.75, 3.05) is 13.2 Å². The molecule has 4 aromatic rings. The van der Waals surface area contributed by atoms with E-state index in [1.807, 2.05) is 18.2 Å². The second kappa shape index (κ2) is 13.6. The van der Waals surface area contributed by atoms with Crippen molar-refractivity contribution in [1.82, 2.24) is 14.9 Å². The minimum Gasteiger partial charge on any atom is -0.494 e. The van der Waals surface area contributed by atoms with Crippen LogP contribution >= 0.6 is 0 Å². The van der Waals surface area contributed by atoms with Crippen molar-refractivity contribution in [3.63, 3.8) is 0 Å². The number of hydrogen-bond acceptors (Lipinski definition) is 3. The highest BCUT2D eigenvalue weighted by molar-refractivity contribution is 5.94. The van der Waals surface area contributed by atoms with Gasteiger partial charge in [-0.05, 0) is 74.1 Å². The van der Waals surface area contributed by atoms with Crippen molar-refractivity contribution < 1.29 is 13.9 Å². The van der Waals surface area contributed by atoms with Gasteiger partial charge in [-0.25, -0.2) is 9.37 Å².